The number of halogens is 2. The zero-order valence-electron chi connectivity index (χ0n) is 13.1. The number of morpholine rings is 1. The van der Waals surface area contributed by atoms with Crippen LogP contribution in [0.25, 0.3) is 0 Å². The zero-order valence-corrected chi connectivity index (χ0v) is 14.7. The number of carbonyl (C=O) groups excluding carboxylic acids is 1. The van der Waals surface area contributed by atoms with Crippen LogP contribution in [-0.2, 0) is 16.1 Å². The average Bonchev–Trinajstić information content (AvgIpc) is 2.58. The maximum absolute atomic E-state index is 12.6. The van der Waals surface area contributed by atoms with E-state index in [1.165, 1.54) is 6.42 Å². The molecule has 0 radical (unpaired) electrons. The lowest BCUT2D eigenvalue weighted by molar-refractivity contribution is -0.150. The van der Waals surface area contributed by atoms with Gasteiger partial charge < -0.3 is 9.64 Å². The lowest BCUT2D eigenvalue weighted by Gasteiger charge is -2.36. The number of hydrogen-bond acceptors (Lipinski definition) is 3. The largest absolute Gasteiger partial charge is 0.366 e. The van der Waals surface area contributed by atoms with Crippen molar-refractivity contribution in [1.82, 2.24) is 9.80 Å². The predicted octanol–water partition coefficient (Wildman–Crippen LogP) is 3.21. The number of ether oxygens (including phenoxy) is 1. The molecule has 2 saturated heterocycles. The van der Waals surface area contributed by atoms with Gasteiger partial charge in [0, 0.05) is 32.7 Å². The van der Waals surface area contributed by atoms with Crippen molar-refractivity contribution < 1.29 is 9.53 Å². The lowest BCUT2D eigenvalue weighted by Crippen LogP contribution is -2.51. The molecule has 126 valence electrons. The van der Waals surface area contributed by atoms with E-state index in [1.54, 1.807) is 0 Å². The summed E-state index contributed by atoms with van der Waals surface area (Å²) in [6.45, 7) is 4.53. The van der Waals surface area contributed by atoms with Crippen molar-refractivity contribution in [2.24, 2.45) is 0 Å². The molecule has 2 aliphatic rings. The maximum atomic E-state index is 12.6. The number of hydrogen-bond donors (Lipinski definition) is 0. The second kappa shape index (κ2) is 7.84. The quantitative estimate of drug-likeness (QED) is 0.833. The highest BCUT2D eigenvalue weighted by molar-refractivity contribution is 6.42. The first-order chi connectivity index (χ1) is 11.1. The Morgan fingerprint density at radius 1 is 1.13 bits per heavy atom. The molecule has 0 bridgehead atoms. The summed E-state index contributed by atoms with van der Waals surface area (Å²) in [4.78, 5) is 16.8. The number of nitrogens with zero attached hydrogens (tertiary/aromatic N) is 2. The summed E-state index contributed by atoms with van der Waals surface area (Å²) in [7, 11) is 0. The van der Waals surface area contributed by atoms with E-state index in [1.807, 2.05) is 23.1 Å². The fraction of sp³-hybridized carbons (Fsp3) is 0.588. The van der Waals surface area contributed by atoms with Crippen LogP contribution in [0.3, 0.4) is 0 Å². The molecule has 2 heterocycles. The first-order valence-corrected chi connectivity index (χ1v) is 8.96. The molecule has 0 aromatic heterocycles. The first-order valence-electron chi connectivity index (χ1n) is 8.20. The van der Waals surface area contributed by atoms with Gasteiger partial charge in [0.2, 0.25) is 0 Å². The minimum atomic E-state index is -0.343. The van der Waals surface area contributed by atoms with Gasteiger partial charge in [-0.05, 0) is 37.0 Å². The molecule has 0 N–H and O–H groups in total. The second-order valence-corrected chi connectivity index (χ2v) is 7.04. The highest BCUT2D eigenvalue weighted by Crippen LogP contribution is 2.24. The molecule has 1 amide bonds. The fourth-order valence-electron chi connectivity index (χ4n) is 3.21. The Bertz CT molecular complexity index is 562. The van der Waals surface area contributed by atoms with Crippen LogP contribution in [0.1, 0.15) is 24.8 Å². The van der Waals surface area contributed by atoms with Gasteiger partial charge in [-0.3, -0.25) is 9.69 Å². The van der Waals surface area contributed by atoms with Crippen molar-refractivity contribution in [3.05, 3.63) is 33.8 Å². The highest BCUT2D eigenvalue weighted by atomic mass is 35.5. The molecule has 3 rings (SSSR count). The molecule has 2 aliphatic heterocycles. The number of likely N-dealkylation sites (tertiary alicyclic amines) is 1. The molecule has 0 spiro atoms. The van der Waals surface area contributed by atoms with E-state index in [2.05, 4.69) is 4.90 Å². The van der Waals surface area contributed by atoms with Crippen molar-refractivity contribution in [1.29, 1.82) is 0 Å². The molecule has 0 saturated carbocycles. The Kier molecular flexibility index (Phi) is 5.81. The van der Waals surface area contributed by atoms with Crippen LogP contribution in [0, 0.1) is 0 Å². The van der Waals surface area contributed by atoms with Crippen LogP contribution >= 0.6 is 23.2 Å². The zero-order chi connectivity index (χ0) is 16.2. The molecule has 23 heavy (non-hydrogen) atoms. The topological polar surface area (TPSA) is 32.8 Å². The van der Waals surface area contributed by atoms with Gasteiger partial charge in [-0.25, -0.2) is 0 Å². The highest BCUT2D eigenvalue weighted by Gasteiger charge is 2.30. The molecule has 0 aliphatic carbocycles. The van der Waals surface area contributed by atoms with Crippen molar-refractivity contribution in [3.8, 4) is 0 Å². The van der Waals surface area contributed by atoms with E-state index in [9.17, 15) is 4.79 Å². The summed E-state index contributed by atoms with van der Waals surface area (Å²) in [6, 6.07) is 5.68. The third kappa shape index (κ3) is 4.38. The Morgan fingerprint density at radius 2 is 1.91 bits per heavy atom. The van der Waals surface area contributed by atoms with Gasteiger partial charge >= 0.3 is 0 Å². The van der Waals surface area contributed by atoms with Gasteiger partial charge in [-0.2, -0.15) is 0 Å². The van der Waals surface area contributed by atoms with Crippen LogP contribution in [0.5, 0.6) is 0 Å². The standard InChI is InChI=1S/C17H22Cl2N2O2/c18-14-5-4-13(10-15(14)19)11-20-8-9-23-16(12-20)17(22)21-6-2-1-3-7-21/h4-5,10,16H,1-3,6-9,11-12H2. The van der Waals surface area contributed by atoms with Gasteiger partial charge in [-0.15, -0.1) is 0 Å². The molecule has 1 unspecified atom stereocenters. The van der Waals surface area contributed by atoms with E-state index < -0.39 is 0 Å². The second-order valence-electron chi connectivity index (χ2n) is 6.23. The minimum Gasteiger partial charge on any atom is -0.366 e. The summed E-state index contributed by atoms with van der Waals surface area (Å²) in [5.74, 6) is 0.142. The van der Waals surface area contributed by atoms with Crippen molar-refractivity contribution in [2.75, 3.05) is 32.8 Å². The van der Waals surface area contributed by atoms with E-state index in [-0.39, 0.29) is 12.0 Å². The van der Waals surface area contributed by atoms with Crippen LogP contribution in [0.15, 0.2) is 18.2 Å². The number of piperidine rings is 1. The van der Waals surface area contributed by atoms with Crippen LogP contribution in [0.2, 0.25) is 10.0 Å². The van der Waals surface area contributed by atoms with Gasteiger partial charge in [0.1, 0.15) is 6.10 Å². The van der Waals surface area contributed by atoms with Crippen LogP contribution < -0.4 is 0 Å². The number of rotatable bonds is 3. The summed E-state index contributed by atoms with van der Waals surface area (Å²) < 4.78 is 5.72. The number of benzene rings is 1. The monoisotopic (exact) mass is 356 g/mol. The third-order valence-corrected chi connectivity index (χ3v) is 5.22. The van der Waals surface area contributed by atoms with Gasteiger partial charge in [0.25, 0.3) is 5.91 Å². The summed E-state index contributed by atoms with van der Waals surface area (Å²) >= 11 is 12.0. The molecule has 6 heteroatoms. The normalized spacial score (nSPS) is 23.0. The van der Waals surface area contributed by atoms with Crippen LogP contribution in [0.4, 0.5) is 0 Å². The van der Waals surface area contributed by atoms with Crippen LogP contribution in [-0.4, -0.2) is 54.6 Å². The summed E-state index contributed by atoms with van der Waals surface area (Å²) in [6.07, 6.45) is 3.08. The smallest absolute Gasteiger partial charge is 0.253 e. The van der Waals surface area contributed by atoms with E-state index in [4.69, 9.17) is 27.9 Å². The maximum Gasteiger partial charge on any atom is 0.253 e. The Morgan fingerprint density at radius 3 is 2.65 bits per heavy atom. The van der Waals surface area contributed by atoms with Crippen molar-refractivity contribution in [3.63, 3.8) is 0 Å². The SMILES string of the molecule is O=C(C1CN(Cc2ccc(Cl)c(Cl)c2)CCO1)N1CCCCC1. The molecule has 1 atom stereocenters. The van der Waals surface area contributed by atoms with Gasteiger partial charge in [0.05, 0.1) is 16.7 Å². The Hall–Kier alpha value is -0.810. The Labute approximate surface area is 147 Å². The van der Waals surface area contributed by atoms with Crippen molar-refractivity contribution in [2.45, 2.75) is 31.9 Å². The van der Waals surface area contributed by atoms with Gasteiger partial charge in [0.15, 0.2) is 0 Å². The lowest BCUT2D eigenvalue weighted by atomic mass is 10.1. The molecule has 2 fully saturated rings. The molecule has 1 aromatic rings. The summed E-state index contributed by atoms with van der Waals surface area (Å²) in [5, 5.41) is 1.13. The molecule has 1 aromatic carbocycles. The van der Waals surface area contributed by atoms with E-state index >= 15 is 0 Å². The predicted molar refractivity (Wildman–Crippen MR) is 91.9 cm³/mol. The summed E-state index contributed by atoms with van der Waals surface area (Å²) in [5.41, 5.74) is 1.10. The fourth-order valence-corrected chi connectivity index (χ4v) is 3.53. The van der Waals surface area contributed by atoms with E-state index in [0.717, 1.165) is 44.6 Å². The minimum absolute atomic E-state index is 0.142. The van der Waals surface area contributed by atoms with Crippen molar-refractivity contribution >= 4 is 29.1 Å². The molecular formula is C17H22Cl2N2O2. The molecular weight excluding hydrogens is 335 g/mol. The van der Waals surface area contributed by atoms with Gasteiger partial charge in [-0.1, -0.05) is 29.3 Å². The number of carbonyl (C=O) groups is 1. The number of amides is 1. The average molecular weight is 357 g/mol. The first kappa shape index (κ1) is 17.0. The van der Waals surface area contributed by atoms with E-state index in [0.29, 0.717) is 23.2 Å². The third-order valence-electron chi connectivity index (χ3n) is 4.48. The molecule has 4 nitrogen and oxygen atoms in total. The Balaban J connectivity index is 1.59.